The van der Waals surface area contributed by atoms with Gasteiger partial charge in [-0.3, -0.25) is 0 Å². The van der Waals surface area contributed by atoms with Crippen LogP contribution in [0.2, 0.25) is 0 Å². The Bertz CT molecular complexity index is 340. The van der Waals surface area contributed by atoms with E-state index in [9.17, 15) is 0 Å². The third kappa shape index (κ3) is 4.04. The molecule has 0 heterocycles. The number of ether oxygens (including phenoxy) is 1. The fourth-order valence-corrected chi connectivity index (χ4v) is 1.82. The predicted octanol–water partition coefficient (Wildman–Crippen LogP) is 3.53. The lowest BCUT2D eigenvalue weighted by molar-refractivity contribution is 0.271. The molecule has 0 aromatic heterocycles. The van der Waals surface area contributed by atoms with Crippen LogP contribution >= 0.6 is 0 Å². The molecule has 2 rings (SSSR count). The highest BCUT2D eigenvalue weighted by Crippen LogP contribution is 2.25. The fourth-order valence-electron chi connectivity index (χ4n) is 1.82. The summed E-state index contributed by atoms with van der Waals surface area (Å²) in [5, 5.41) is 3.60. The van der Waals surface area contributed by atoms with Crippen molar-refractivity contribution in [2.24, 2.45) is 5.92 Å². The van der Waals surface area contributed by atoms with Gasteiger partial charge in [-0.05, 0) is 43.4 Å². The van der Waals surface area contributed by atoms with Gasteiger partial charge in [-0.1, -0.05) is 26.0 Å². The number of rotatable bonds is 6. The first kappa shape index (κ1) is 12.4. The molecule has 1 fully saturated rings. The lowest BCUT2D eigenvalue weighted by atomic mass is 10.1. The molecule has 0 saturated heterocycles. The predicted molar refractivity (Wildman–Crippen MR) is 71.3 cm³/mol. The molecule has 0 radical (unpaired) electrons. The van der Waals surface area contributed by atoms with Crippen molar-refractivity contribution in [2.75, 3.05) is 6.61 Å². The van der Waals surface area contributed by atoms with Crippen LogP contribution in [0, 0.1) is 5.92 Å². The van der Waals surface area contributed by atoms with Crippen molar-refractivity contribution < 1.29 is 4.74 Å². The summed E-state index contributed by atoms with van der Waals surface area (Å²) in [5.74, 6) is 1.55. The van der Waals surface area contributed by atoms with E-state index in [1.807, 2.05) is 0 Å². The zero-order valence-electron chi connectivity index (χ0n) is 11.1. The Morgan fingerprint density at radius 1 is 1.18 bits per heavy atom. The summed E-state index contributed by atoms with van der Waals surface area (Å²) in [5.41, 5.74) is 1.34. The maximum atomic E-state index is 5.68. The van der Waals surface area contributed by atoms with Gasteiger partial charge in [0.2, 0.25) is 0 Å². The van der Waals surface area contributed by atoms with E-state index in [-0.39, 0.29) is 0 Å². The Morgan fingerprint density at radius 2 is 1.82 bits per heavy atom. The second-order valence-electron chi connectivity index (χ2n) is 5.44. The summed E-state index contributed by atoms with van der Waals surface area (Å²) in [6.07, 6.45) is 2.67. The molecule has 0 bridgehead atoms. The van der Waals surface area contributed by atoms with Crippen LogP contribution in [0.1, 0.15) is 45.2 Å². The van der Waals surface area contributed by atoms with E-state index in [0.717, 1.165) is 18.4 Å². The Labute approximate surface area is 104 Å². The molecule has 0 amide bonds. The van der Waals surface area contributed by atoms with Crippen LogP contribution in [0.15, 0.2) is 24.3 Å². The highest BCUT2D eigenvalue weighted by molar-refractivity contribution is 5.29. The highest BCUT2D eigenvalue weighted by Gasteiger charge is 2.23. The smallest absolute Gasteiger partial charge is 0.119 e. The zero-order chi connectivity index (χ0) is 12.3. The van der Waals surface area contributed by atoms with Gasteiger partial charge in [-0.2, -0.15) is 0 Å². The summed E-state index contributed by atoms with van der Waals surface area (Å²) < 4.78 is 5.68. The van der Waals surface area contributed by atoms with Crippen molar-refractivity contribution in [3.8, 4) is 5.75 Å². The second-order valence-corrected chi connectivity index (χ2v) is 5.44. The molecule has 1 unspecified atom stereocenters. The van der Waals surface area contributed by atoms with E-state index in [1.165, 1.54) is 18.4 Å². The molecule has 2 heteroatoms. The van der Waals surface area contributed by atoms with E-state index < -0.39 is 0 Å². The highest BCUT2D eigenvalue weighted by atomic mass is 16.5. The largest absolute Gasteiger partial charge is 0.493 e. The van der Waals surface area contributed by atoms with E-state index in [4.69, 9.17) is 4.74 Å². The van der Waals surface area contributed by atoms with E-state index >= 15 is 0 Å². The molecular formula is C15H23NO. The van der Waals surface area contributed by atoms with Gasteiger partial charge in [0.25, 0.3) is 0 Å². The van der Waals surface area contributed by atoms with Crippen molar-refractivity contribution in [3.05, 3.63) is 29.8 Å². The SMILES string of the molecule is CC(C)COc1ccc(C(C)NC2CC2)cc1. The van der Waals surface area contributed by atoms with Crippen molar-refractivity contribution in [1.29, 1.82) is 0 Å². The minimum absolute atomic E-state index is 0.446. The number of benzene rings is 1. The van der Waals surface area contributed by atoms with Gasteiger partial charge >= 0.3 is 0 Å². The molecular weight excluding hydrogens is 210 g/mol. The van der Waals surface area contributed by atoms with Crippen LogP contribution in [-0.4, -0.2) is 12.6 Å². The Balaban J connectivity index is 1.87. The topological polar surface area (TPSA) is 21.3 Å². The standard InChI is InChI=1S/C15H23NO/c1-11(2)10-17-15-8-4-13(5-9-15)12(3)16-14-6-7-14/h4-5,8-9,11-12,14,16H,6-7,10H2,1-3H3. The third-order valence-corrected chi connectivity index (χ3v) is 3.03. The molecule has 0 aliphatic heterocycles. The zero-order valence-corrected chi connectivity index (χ0v) is 11.1. The molecule has 1 N–H and O–H groups in total. The molecule has 94 valence electrons. The van der Waals surface area contributed by atoms with Crippen molar-refractivity contribution in [1.82, 2.24) is 5.32 Å². The average molecular weight is 233 g/mol. The van der Waals surface area contributed by atoms with Crippen molar-refractivity contribution in [3.63, 3.8) is 0 Å². The van der Waals surface area contributed by atoms with Crippen LogP contribution < -0.4 is 10.1 Å². The molecule has 1 aromatic carbocycles. The third-order valence-electron chi connectivity index (χ3n) is 3.03. The number of hydrogen-bond acceptors (Lipinski definition) is 2. The lowest BCUT2D eigenvalue weighted by Gasteiger charge is -2.14. The van der Waals surface area contributed by atoms with E-state index in [1.54, 1.807) is 0 Å². The monoisotopic (exact) mass is 233 g/mol. The van der Waals surface area contributed by atoms with E-state index in [2.05, 4.69) is 50.4 Å². The Kier molecular flexibility index (Phi) is 4.06. The van der Waals surface area contributed by atoms with Gasteiger partial charge in [0.1, 0.15) is 5.75 Å². The van der Waals surface area contributed by atoms with Gasteiger partial charge < -0.3 is 10.1 Å². The number of nitrogens with one attached hydrogen (secondary N) is 1. The molecule has 1 saturated carbocycles. The molecule has 1 atom stereocenters. The van der Waals surface area contributed by atoms with Crippen molar-refractivity contribution >= 4 is 0 Å². The van der Waals surface area contributed by atoms with Gasteiger partial charge in [0.15, 0.2) is 0 Å². The molecule has 0 spiro atoms. The van der Waals surface area contributed by atoms with Gasteiger partial charge in [-0.25, -0.2) is 0 Å². The van der Waals surface area contributed by atoms with Gasteiger partial charge in [0, 0.05) is 12.1 Å². The van der Waals surface area contributed by atoms with Crippen molar-refractivity contribution in [2.45, 2.75) is 45.7 Å². The Hall–Kier alpha value is -1.02. The normalized spacial score (nSPS) is 17.2. The van der Waals surface area contributed by atoms with Gasteiger partial charge in [-0.15, -0.1) is 0 Å². The van der Waals surface area contributed by atoms with Crippen LogP contribution in [-0.2, 0) is 0 Å². The molecule has 1 aliphatic rings. The van der Waals surface area contributed by atoms with Crippen LogP contribution in [0.5, 0.6) is 5.75 Å². The lowest BCUT2D eigenvalue weighted by Crippen LogP contribution is -2.20. The first-order valence-corrected chi connectivity index (χ1v) is 6.64. The summed E-state index contributed by atoms with van der Waals surface area (Å²) >= 11 is 0. The Morgan fingerprint density at radius 3 is 2.35 bits per heavy atom. The van der Waals surface area contributed by atoms with Crippen LogP contribution in [0.25, 0.3) is 0 Å². The summed E-state index contributed by atoms with van der Waals surface area (Å²) in [7, 11) is 0. The van der Waals surface area contributed by atoms with Crippen LogP contribution in [0.3, 0.4) is 0 Å². The van der Waals surface area contributed by atoms with E-state index in [0.29, 0.717) is 12.0 Å². The molecule has 17 heavy (non-hydrogen) atoms. The summed E-state index contributed by atoms with van der Waals surface area (Å²) in [4.78, 5) is 0. The first-order chi connectivity index (χ1) is 8.15. The molecule has 2 nitrogen and oxygen atoms in total. The average Bonchev–Trinajstić information content (AvgIpc) is 3.11. The second kappa shape index (κ2) is 5.54. The fraction of sp³-hybridized carbons (Fsp3) is 0.600. The first-order valence-electron chi connectivity index (χ1n) is 6.64. The minimum atomic E-state index is 0.446. The maximum Gasteiger partial charge on any atom is 0.119 e. The maximum absolute atomic E-state index is 5.68. The summed E-state index contributed by atoms with van der Waals surface area (Å²) in [6, 6.07) is 9.67. The number of hydrogen-bond donors (Lipinski definition) is 1. The van der Waals surface area contributed by atoms with Gasteiger partial charge in [0.05, 0.1) is 6.61 Å². The molecule has 1 aromatic rings. The quantitative estimate of drug-likeness (QED) is 0.811. The minimum Gasteiger partial charge on any atom is -0.493 e. The summed E-state index contributed by atoms with van der Waals surface area (Å²) in [6.45, 7) is 7.34. The van der Waals surface area contributed by atoms with Crippen LogP contribution in [0.4, 0.5) is 0 Å². The molecule has 1 aliphatic carbocycles.